The van der Waals surface area contributed by atoms with E-state index in [9.17, 15) is 13.6 Å². The Morgan fingerprint density at radius 1 is 1.19 bits per heavy atom. The number of nitrogens with zero attached hydrogens (tertiary/aromatic N) is 4. The van der Waals surface area contributed by atoms with Crippen LogP contribution < -0.4 is 10.1 Å². The number of halogens is 2. The summed E-state index contributed by atoms with van der Waals surface area (Å²) in [6.07, 6.45) is 0. The molecule has 2 aromatic carbocycles. The normalized spacial score (nSPS) is 10.6. The minimum absolute atomic E-state index is 0.00444. The highest BCUT2D eigenvalue weighted by molar-refractivity contribution is 7.99. The van der Waals surface area contributed by atoms with Gasteiger partial charge >= 0.3 is 0 Å². The Kier molecular flexibility index (Phi) is 5.42. The molecule has 0 fully saturated rings. The van der Waals surface area contributed by atoms with Gasteiger partial charge in [0.05, 0.1) is 18.6 Å². The smallest absolute Gasteiger partial charge is 0.234 e. The van der Waals surface area contributed by atoms with Gasteiger partial charge in [-0.05, 0) is 46.8 Å². The third-order valence-electron chi connectivity index (χ3n) is 3.29. The number of methoxy groups -OCH3 is 1. The Balaban J connectivity index is 1.63. The molecule has 0 saturated carbocycles. The minimum Gasteiger partial charge on any atom is -0.497 e. The van der Waals surface area contributed by atoms with Crippen molar-refractivity contribution in [3.63, 3.8) is 0 Å². The number of thioether (sulfide) groups is 1. The molecule has 0 aliphatic carbocycles. The predicted molar refractivity (Wildman–Crippen MR) is 91.4 cm³/mol. The molecule has 1 amide bonds. The fourth-order valence-corrected chi connectivity index (χ4v) is 2.75. The Morgan fingerprint density at radius 2 is 1.96 bits per heavy atom. The second-order valence-electron chi connectivity index (χ2n) is 5.04. The number of carbonyl (C=O) groups is 1. The zero-order valence-corrected chi connectivity index (χ0v) is 14.3. The molecule has 26 heavy (non-hydrogen) atoms. The fourth-order valence-electron chi connectivity index (χ4n) is 2.06. The van der Waals surface area contributed by atoms with Gasteiger partial charge in [0.25, 0.3) is 0 Å². The molecular weight excluding hydrogens is 364 g/mol. The number of amides is 1. The summed E-state index contributed by atoms with van der Waals surface area (Å²) in [5, 5.41) is 14.3. The van der Waals surface area contributed by atoms with Crippen molar-refractivity contribution in [2.75, 3.05) is 18.2 Å². The van der Waals surface area contributed by atoms with Crippen LogP contribution in [-0.2, 0) is 4.79 Å². The summed E-state index contributed by atoms with van der Waals surface area (Å²) in [5.74, 6) is -1.71. The first-order valence-electron chi connectivity index (χ1n) is 7.37. The first-order chi connectivity index (χ1) is 12.6. The monoisotopic (exact) mass is 377 g/mol. The standard InChI is InChI=1S/C16H13F2N5O2S/c1-25-12-5-3-11(4-6-12)23-16(20-21-22-23)26-9-15(24)19-10-2-7-13(17)14(18)8-10/h2-8H,9H2,1H3,(H,19,24). The van der Waals surface area contributed by atoms with Gasteiger partial charge in [-0.25, -0.2) is 8.78 Å². The van der Waals surface area contributed by atoms with E-state index in [0.29, 0.717) is 16.6 Å². The third kappa shape index (κ3) is 4.14. The Hall–Kier alpha value is -3.01. The molecule has 0 saturated heterocycles. The SMILES string of the molecule is COc1ccc(-n2nnnc2SCC(=O)Nc2ccc(F)c(F)c2)cc1. The molecule has 1 N–H and O–H groups in total. The van der Waals surface area contributed by atoms with Crippen LogP contribution in [-0.4, -0.2) is 39.0 Å². The van der Waals surface area contributed by atoms with Gasteiger partial charge in [0.2, 0.25) is 11.1 Å². The predicted octanol–water partition coefficient (Wildman–Crippen LogP) is 2.68. The van der Waals surface area contributed by atoms with Crippen LogP contribution in [0.25, 0.3) is 5.69 Å². The van der Waals surface area contributed by atoms with Crippen LogP contribution in [0.15, 0.2) is 47.6 Å². The van der Waals surface area contributed by atoms with Crippen molar-refractivity contribution in [1.82, 2.24) is 20.2 Å². The number of hydrogen-bond acceptors (Lipinski definition) is 6. The Morgan fingerprint density at radius 3 is 2.65 bits per heavy atom. The summed E-state index contributed by atoms with van der Waals surface area (Å²) in [5.41, 5.74) is 0.878. The van der Waals surface area contributed by atoms with Crippen molar-refractivity contribution in [2.45, 2.75) is 5.16 Å². The van der Waals surface area contributed by atoms with Crippen molar-refractivity contribution in [3.05, 3.63) is 54.1 Å². The van der Waals surface area contributed by atoms with E-state index in [-0.39, 0.29) is 11.4 Å². The largest absolute Gasteiger partial charge is 0.497 e. The zero-order valence-electron chi connectivity index (χ0n) is 13.5. The van der Waals surface area contributed by atoms with Crippen LogP contribution in [0, 0.1) is 11.6 Å². The summed E-state index contributed by atoms with van der Waals surface area (Å²) in [6, 6.07) is 10.2. The molecule has 1 aromatic heterocycles. The molecule has 134 valence electrons. The third-order valence-corrected chi connectivity index (χ3v) is 4.21. The summed E-state index contributed by atoms with van der Waals surface area (Å²) in [6.45, 7) is 0. The lowest BCUT2D eigenvalue weighted by Crippen LogP contribution is -2.15. The fraction of sp³-hybridized carbons (Fsp3) is 0.125. The molecule has 0 bridgehead atoms. The molecule has 0 spiro atoms. The van der Waals surface area contributed by atoms with Crippen molar-refractivity contribution >= 4 is 23.4 Å². The van der Waals surface area contributed by atoms with Crippen molar-refractivity contribution in [2.24, 2.45) is 0 Å². The molecule has 3 aromatic rings. The van der Waals surface area contributed by atoms with Crippen LogP contribution in [0.5, 0.6) is 5.75 Å². The van der Waals surface area contributed by atoms with Crippen LogP contribution in [0.4, 0.5) is 14.5 Å². The second-order valence-corrected chi connectivity index (χ2v) is 5.98. The quantitative estimate of drug-likeness (QED) is 0.665. The van der Waals surface area contributed by atoms with Crippen LogP contribution in [0.3, 0.4) is 0 Å². The van der Waals surface area contributed by atoms with Gasteiger partial charge in [0.1, 0.15) is 5.75 Å². The van der Waals surface area contributed by atoms with E-state index in [2.05, 4.69) is 20.8 Å². The number of hydrogen-bond donors (Lipinski definition) is 1. The summed E-state index contributed by atoms with van der Waals surface area (Å²) >= 11 is 1.11. The van der Waals surface area contributed by atoms with Gasteiger partial charge in [0, 0.05) is 11.8 Å². The van der Waals surface area contributed by atoms with E-state index < -0.39 is 17.5 Å². The molecule has 1 heterocycles. The van der Waals surface area contributed by atoms with Crippen LogP contribution in [0.2, 0.25) is 0 Å². The number of benzene rings is 2. The van der Waals surface area contributed by atoms with Gasteiger partial charge in [0.15, 0.2) is 11.6 Å². The van der Waals surface area contributed by atoms with Gasteiger partial charge in [-0.3, -0.25) is 4.79 Å². The Bertz CT molecular complexity index is 917. The van der Waals surface area contributed by atoms with E-state index in [0.717, 1.165) is 23.9 Å². The molecular formula is C16H13F2N5O2S. The highest BCUT2D eigenvalue weighted by Gasteiger charge is 2.12. The number of aromatic nitrogens is 4. The molecule has 0 radical (unpaired) electrons. The van der Waals surface area contributed by atoms with Crippen molar-refractivity contribution < 1.29 is 18.3 Å². The first-order valence-corrected chi connectivity index (χ1v) is 8.36. The van der Waals surface area contributed by atoms with Crippen molar-refractivity contribution in [1.29, 1.82) is 0 Å². The maximum absolute atomic E-state index is 13.2. The van der Waals surface area contributed by atoms with E-state index in [1.54, 1.807) is 31.4 Å². The number of tetrazole rings is 1. The van der Waals surface area contributed by atoms with E-state index >= 15 is 0 Å². The Labute approximate surface area is 151 Å². The van der Waals surface area contributed by atoms with Gasteiger partial charge in [-0.1, -0.05) is 11.8 Å². The summed E-state index contributed by atoms with van der Waals surface area (Å²) in [7, 11) is 1.57. The van der Waals surface area contributed by atoms with Crippen LogP contribution >= 0.6 is 11.8 Å². The average molecular weight is 377 g/mol. The maximum Gasteiger partial charge on any atom is 0.234 e. The number of carbonyl (C=O) groups excluding carboxylic acids is 1. The first kappa shape index (κ1) is 17.8. The molecule has 3 rings (SSSR count). The lowest BCUT2D eigenvalue weighted by atomic mass is 10.3. The summed E-state index contributed by atoms with van der Waals surface area (Å²) < 4.78 is 32.6. The average Bonchev–Trinajstić information content (AvgIpc) is 3.12. The van der Waals surface area contributed by atoms with Gasteiger partial charge in [-0.2, -0.15) is 4.68 Å². The number of rotatable bonds is 6. The molecule has 7 nitrogen and oxygen atoms in total. The summed E-state index contributed by atoms with van der Waals surface area (Å²) in [4.78, 5) is 12.0. The second kappa shape index (κ2) is 7.91. The molecule has 0 unspecified atom stereocenters. The lowest BCUT2D eigenvalue weighted by Gasteiger charge is -2.07. The molecule has 10 heteroatoms. The van der Waals surface area contributed by atoms with Gasteiger partial charge in [-0.15, -0.1) is 5.10 Å². The highest BCUT2D eigenvalue weighted by atomic mass is 32.2. The van der Waals surface area contributed by atoms with E-state index in [4.69, 9.17) is 4.74 Å². The number of ether oxygens (including phenoxy) is 1. The van der Waals surface area contributed by atoms with Crippen molar-refractivity contribution in [3.8, 4) is 11.4 Å². The van der Waals surface area contributed by atoms with Gasteiger partial charge < -0.3 is 10.1 Å². The number of anilines is 1. The topological polar surface area (TPSA) is 81.9 Å². The lowest BCUT2D eigenvalue weighted by molar-refractivity contribution is -0.113. The van der Waals surface area contributed by atoms with E-state index in [1.165, 1.54) is 10.7 Å². The number of nitrogens with one attached hydrogen (secondary N) is 1. The van der Waals surface area contributed by atoms with E-state index in [1.807, 2.05) is 0 Å². The van der Waals surface area contributed by atoms with Crippen LogP contribution in [0.1, 0.15) is 0 Å². The molecule has 0 aliphatic heterocycles. The molecule has 0 atom stereocenters. The highest BCUT2D eigenvalue weighted by Crippen LogP contribution is 2.21. The molecule has 0 aliphatic rings. The maximum atomic E-state index is 13.2. The minimum atomic E-state index is -1.03. The zero-order chi connectivity index (χ0) is 18.5.